The van der Waals surface area contributed by atoms with Crippen molar-refractivity contribution in [3.8, 4) is 11.5 Å². The Morgan fingerprint density at radius 3 is 2.68 bits per heavy atom. The number of methoxy groups -OCH3 is 2. The minimum absolute atomic E-state index is 0.123. The summed E-state index contributed by atoms with van der Waals surface area (Å²) in [6.07, 6.45) is 1.52. The molecule has 1 aliphatic rings. The van der Waals surface area contributed by atoms with Gasteiger partial charge in [-0.15, -0.1) is 0 Å². The van der Waals surface area contributed by atoms with Gasteiger partial charge in [0.2, 0.25) is 0 Å². The number of imide groups is 1. The Balaban J connectivity index is 1.81. The van der Waals surface area contributed by atoms with Gasteiger partial charge in [0.15, 0.2) is 11.5 Å². The molecule has 0 spiro atoms. The Morgan fingerprint density at radius 2 is 2.00 bits per heavy atom. The van der Waals surface area contributed by atoms with Crippen molar-refractivity contribution in [1.29, 1.82) is 0 Å². The van der Waals surface area contributed by atoms with E-state index in [1.165, 1.54) is 32.4 Å². The average Bonchev–Trinajstić information content (AvgIpc) is 2.99. The second kappa shape index (κ2) is 9.97. The van der Waals surface area contributed by atoms with Gasteiger partial charge in [-0.05, 0) is 69.2 Å². The van der Waals surface area contributed by atoms with E-state index in [1.54, 1.807) is 24.3 Å². The number of carbonyl (C=O) groups is 3. The summed E-state index contributed by atoms with van der Waals surface area (Å²) >= 11 is 4.15. The molecule has 3 rings (SSSR count). The van der Waals surface area contributed by atoms with E-state index in [0.29, 0.717) is 27.1 Å². The quantitative estimate of drug-likeness (QED) is 0.404. The molecule has 2 aromatic carbocycles. The lowest BCUT2D eigenvalue weighted by atomic mass is 10.1. The van der Waals surface area contributed by atoms with Gasteiger partial charge in [-0.3, -0.25) is 19.3 Å². The fourth-order valence-corrected chi connectivity index (χ4v) is 4.14. The molecule has 2 aromatic rings. The first-order valence-electron chi connectivity index (χ1n) is 8.89. The molecule has 0 aromatic heterocycles. The van der Waals surface area contributed by atoms with Gasteiger partial charge in [0, 0.05) is 0 Å². The normalized spacial score (nSPS) is 14.8. The van der Waals surface area contributed by atoms with Crippen LogP contribution in [0.25, 0.3) is 6.08 Å². The topological polar surface area (TPSA) is 82.1 Å². The van der Waals surface area contributed by atoms with Gasteiger partial charge in [-0.2, -0.15) is 0 Å². The standard InChI is InChI=1S/C21H17BrFNO6S/c1-28-16-8-13(9-17-20(26)24(21(27)31-17)10-18(25)29-2)7-15(22)19(16)30-11-12-4-3-5-14(23)6-12/h3-9H,10-11H2,1-2H3/b17-9+. The highest BCUT2D eigenvalue weighted by molar-refractivity contribution is 9.10. The number of esters is 1. The molecular weight excluding hydrogens is 493 g/mol. The van der Waals surface area contributed by atoms with Crippen LogP contribution in [0.4, 0.5) is 9.18 Å². The highest BCUT2D eigenvalue weighted by Crippen LogP contribution is 2.39. The van der Waals surface area contributed by atoms with E-state index in [1.807, 2.05) is 0 Å². The van der Waals surface area contributed by atoms with Crippen molar-refractivity contribution < 1.29 is 33.0 Å². The highest BCUT2D eigenvalue weighted by Gasteiger charge is 2.36. The van der Waals surface area contributed by atoms with Crippen LogP contribution in [0.1, 0.15) is 11.1 Å². The number of ether oxygens (including phenoxy) is 3. The average molecular weight is 510 g/mol. The van der Waals surface area contributed by atoms with Crippen molar-refractivity contribution in [2.75, 3.05) is 20.8 Å². The third-order valence-electron chi connectivity index (χ3n) is 4.21. The lowest BCUT2D eigenvalue weighted by Crippen LogP contribution is -2.34. The van der Waals surface area contributed by atoms with E-state index >= 15 is 0 Å². The molecule has 10 heteroatoms. The molecule has 1 saturated heterocycles. The van der Waals surface area contributed by atoms with E-state index < -0.39 is 23.7 Å². The summed E-state index contributed by atoms with van der Waals surface area (Å²) in [7, 11) is 2.64. The SMILES string of the molecule is COC(=O)CN1C(=O)S/C(=C/c2cc(Br)c(OCc3cccc(F)c3)c(OC)c2)C1=O. The van der Waals surface area contributed by atoms with Crippen molar-refractivity contribution in [2.45, 2.75) is 6.61 Å². The van der Waals surface area contributed by atoms with Crippen LogP contribution in [0, 0.1) is 5.82 Å². The molecule has 162 valence electrons. The molecule has 0 aliphatic carbocycles. The number of nitrogens with zero attached hydrogens (tertiary/aromatic N) is 1. The minimum Gasteiger partial charge on any atom is -0.493 e. The van der Waals surface area contributed by atoms with Crippen LogP contribution in [-0.2, 0) is 20.9 Å². The molecular formula is C21H17BrFNO6S. The number of carbonyl (C=O) groups excluding carboxylic acids is 3. The number of hydrogen-bond donors (Lipinski definition) is 0. The molecule has 0 N–H and O–H groups in total. The summed E-state index contributed by atoms with van der Waals surface area (Å²) in [5.41, 5.74) is 1.22. The number of amides is 2. The number of rotatable bonds is 7. The van der Waals surface area contributed by atoms with Gasteiger partial charge in [0.25, 0.3) is 11.1 Å². The zero-order valence-electron chi connectivity index (χ0n) is 16.5. The molecule has 31 heavy (non-hydrogen) atoms. The molecule has 2 amide bonds. The van der Waals surface area contributed by atoms with E-state index in [4.69, 9.17) is 9.47 Å². The monoisotopic (exact) mass is 509 g/mol. The third kappa shape index (κ3) is 5.45. The van der Waals surface area contributed by atoms with Crippen LogP contribution in [0.3, 0.4) is 0 Å². The third-order valence-corrected chi connectivity index (χ3v) is 5.71. The molecule has 7 nitrogen and oxygen atoms in total. The maximum absolute atomic E-state index is 13.4. The predicted octanol–water partition coefficient (Wildman–Crippen LogP) is 4.39. The van der Waals surface area contributed by atoms with Crippen molar-refractivity contribution in [1.82, 2.24) is 4.90 Å². The van der Waals surface area contributed by atoms with E-state index in [-0.39, 0.29) is 17.3 Å². The molecule has 0 atom stereocenters. The zero-order valence-corrected chi connectivity index (χ0v) is 18.9. The van der Waals surface area contributed by atoms with Crippen LogP contribution in [0.5, 0.6) is 11.5 Å². The Labute approximate surface area is 190 Å². The molecule has 1 aliphatic heterocycles. The maximum atomic E-state index is 13.4. The second-order valence-corrected chi connectivity index (χ2v) is 8.14. The van der Waals surface area contributed by atoms with Gasteiger partial charge in [0.05, 0.1) is 23.6 Å². The molecule has 0 radical (unpaired) electrons. The van der Waals surface area contributed by atoms with Gasteiger partial charge in [-0.25, -0.2) is 4.39 Å². The Kier molecular flexibility index (Phi) is 7.34. The van der Waals surface area contributed by atoms with Crippen LogP contribution in [0.2, 0.25) is 0 Å². The molecule has 0 saturated carbocycles. The summed E-state index contributed by atoms with van der Waals surface area (Å²) in [6.45, 7) is -0.323. The number of benzene rings is 2. The summed E-state index contributed by atoms with van der Waals surface area (Å²) in [6, 6.07) is 9.39. The summed E-state index contributed by atoms with van der Waals surface area (Å²) in [5, 5.41) is -0.553. The van der Waals surface area contributed by atoms with Crippen LogP contribution < -0.4 is 9.47 Å². The first kappa shape index (κ1) is 22.8. The summed E-state index contributed by atoms with van der Waals surface area (Å²) in [5.74, 6) is -0.841. The first-order chi connectivity index (χ1) is 14.8. The lowest BCUT2D eigenvalue weighted by molar-refractivity contribution is -0.143. The van der Waals surface area contributed by atoms with Crippen LogP contribution in [0.15, 0.2) is 45.8 Å². The number of halogens is 2. The molecule has 1 heterocycles. The van der Waals surface area contributed by atoms with Crippen LogP contribution >= 0.6 is 27.7 Å². The van der Waals surface area contributed by atoms with Crippen molar-refractivity contribution in [3.63, 3.8) is 0 Å². The predicted molar refractivity (Wildman–Crippen MR) is 116 cm³/mol. The number of hydrogen-bond acceptors (Lipinski definition) is 7. The highest BCUT2D eigenvalue weighted by atomic mass is 79.9. The summed E-state index contributed by atoms with van der Waals surface area (Å²) in [4.78, 5) is 36.9. The van der Waals surface area contributed by atoms with Crippen molar-refractivity contribution >= 4 is 50.9 Å². The summed E-state index contributed by atoms with van der Waals surface area (Å²) < 4.78 is 29.6. The number of thioether (sulfide) groups is 1. The van der Waals surface area contributed by atoms with Crippen molar-refractivity contribution in [2.24, 2.45) is 0 Å². The first-order valence-corrected chi connectivity index (χ1v) is 10.5. The smallest absolute Gasteiger partial charge is 0.325 e. The maximum Gasteiger partial charge on any atom is 0.325 e. The second-order valence-electron chi connectivity index (χ2n) is 6.30. The van der Waals surface area contributed by atoms with Gasteiger partial charge in [0.1, 0.15) is 19.0 Å². The molecule has 0 bridgehead atoms. The Bertz CT molecular complexity index is 1070. The van der Waals surface area contributed by atoms with Gasteiger partial charge >= 0.3 is 5.97 Å². The zero-order chi connectivity index (χ0) is 22.5. The van der Waals surface area contributed by atoms with E-state index in [0.717, 1.165) is 16.7 Å². The van der Waals surface area contributed by atoms with Gasteiger partial charge < -0.3 is 14.2 Å². The van der Waals surface area contributed by atoms with Gasteiger partial charge in [-0.1, -0.05) is 12.1 Å². The van der Waals surface area contributed by atoms with Crippen molar-refractivity contribution in [3.05, 3.63) is 62.7 Å². The Morgan fingerprint density at radius 1 is 1.23 bits per heavy atom. The van der Waals surface area contributed by atoms with E-state index in [2.05, 4.69) is 20.7 Å². The van der Waals surface area contributed by atoms with E-state index in [9.17, 15) is 18.8 Å². The molecule has 0 unspecified atom stereocenters. The lowest BCUT2D eigenvalue weighted by Gasteiger charge is -2.14. The Hall–Kier alpha value is -2.85. The fraction of sp³-hybridized carbons (Fsp3) is 0.190. The fourth-order valence-electron chi connectivity index (χ4n) is 2.73. The minimum atomic E-state index is -0.687. The largest absolute Gasteiger partial charge is 0.493 e. The van der Waals surface area contributed by atoms with Crippen LogP contribution in [-0.4, -0.2) is 42.8 Å². The molecule has 1 fully saturated rings.